The molecule has 0 unspecified atom stereocenters. The Bertz CT molecular complexity index is 427. The molecule has 1 aromatic rings. The zero-order chi connectivity index (χ0) is 13.9. The van der Waals surface area contributed by atoms with Crippen molar-refractivity contribution in [3.05, 3.63) is 28.3 Å². The Labute approximate surface area is 113 Å². The Hall–Kier alpha value is -1.22. The number of amides is 1. The molecule has 0 saturated heterocycles. The van der Waals surface area contributed by atoms with Gasteiger partial charge in [0.25, 0.3) is 5.91 Å². The van der Waals surface area contributed by atoms with Crippen molar-refractivity contribution in [1.82, 2.24) is 5.32 Å². The van der Waals surface area contributed by atoms with Gasteiger partial charge in [0, 0.05) is 10.6 Å². The van der Waals surface area contributed by atoms with E-state index in [2.05, 4.69) is 5.32 Å². The molecule has 100 valence electrons. The largest absolute Gasteiger partial charge is 0.484 e. The average Bonchev–Trinajstić information content (AvgIpc) is 2.20. The van der Waals surface area contributed by atoms with Gasteiger partial charge >= 0.3 is 0 Å². The third-order valence-electron chi connectivity index (χ3n) is 2.29. The van der Waals surface area contributed by atoms with Crippen LogP contribution in [0.4, 0.5) is 0 Å². The van der Waals surface area contributed by atoms with Gasteiger partial charge in [-0.1, -0.05) is 11.6 Å². The van der Waals surface area contributed by atoms with Gasteiger partial charge in [-0.05, 0) is 57.9 Å². The molecule has 0 radical (unpaired) electrons. The van der Waals surface area contributed by atoms with Crippen LogP contribution in [0.25, 0.3) is 0 Å². The zero-order valence-electron chi connectivity index (χ0n) is 11.6. The molecular weight excluding hydrogens is 250 g/mol. The summed E-state index contributed by atoms with van der Waals surface area (Å²) in [6, 6.07) is 3.67. The summed E-state index contributed by atoms with van der Waals surface area (Å²) in [6.45, 7) is 9.64. The molecule has 0 aromatic heterocycles. The van der Waals surface area contributed by atoms with Crippen LogP contribution in [0.5, 0.6) is 5.75 Å². The third-order valence-corrected chi connectivity index (χ3v) is 2.89. The fourth-order valence-corrected chi connectivity index (χ4v) is 1.70. The number of hydrogen-bond donors (Lipinski definition) is 1. The van der Waals surface area contributed by atoms with E-state index in [0.717, 1.165) is 16.1 Å². The number of carbonyl (C=O) groups is 1. The summed E-state index contributed by atoms with van der Waals surface area (Å²) < 4.78 is 5.46. The minimum absolute atomic E-state index is 0.0117. The summed E-state index contributed by atoms with van der Waals surface area (Å²) >= 11 is 6.06. The van der Waals surface area contributed by atoms with Crippen LogP contribution in [0.15, 0.2) is 12.1 Å². The minimum Gasteiger partial charge on any atom is -0.484 e. The fraction of sp³-hybridized carbons (Fsp3) is 0.500. The lowest BCUT2D eigenvalue weighted by molar-refractivity contribution is -0.124. The molecule has 0 spiro atoms. The van der Waals surface area contributed by atoms with E-state index in [1.54, 1.807) is 0 Å². The quantitative estimate of drug-likeness (QED) is 0.915. The molecule has 1 amide bonds. The lowest BCUT2D eigenvalue weighted by Crippen LogP contribution is -2.43. The molecule has 1 N–H and O–H groups in total. The van der Waals surface area contributed by atoms with Crippen molar-refractivity contribution in [2.45, 2.75) is 40.2 Å². The topological polar surface area (TPSA) is 38.3 Å². The normalized spacial score (nSPS) is 11.2. The van der Waals surface area contributed by atoms with Gasteiger partial charge in [0.1, 0.15) is 5.75 Å². The van der Waals surface area contributed by atoms with Crippen molar-refractivity contribution in [2.75, 3.05) is 6.61 Å². The summed E-state index contributed by atoms with van der Waals surface area (Å²) in [7, 11) is 0. The number of hydrogen-bond acceptors (Lipinski definition) is 2. The summed E-state index contributed by atoms with van der Waals surface area (Å²) in [5.74, 6) is 0.534. The lowest BCUT2D eigenvalue weighted by Gasteiger charge is -2.20. The van der Waals surface area contributed by atoms with Gasteiger partial charge in [-0.15, -0.1) is 0 Å². The first-order chi connectivity index (χ1) is 8.19. The van der Waals surface area contributed by atoms with E-state index in [1.165, 1.54) is 0 Å². The molecular formula is C14H20ClNO2. The van der Waals surface area contributed by atoms with E-state index in [-0.39, 0.29) is 18.1 Å². The highest BCUT2D eigenvalue weighted by molar-refractivity contribution is 6.32. The molecule has 4 heteroatoms. The Kier molecular flexibility index (Phi) is 4.63. The highest BCUT2D eigenvalue weighted by Gasteiger charge is 2.14. The summed E-state index contributed by atoms with van der Waals surface area (Å²) in [5.41, 5.74) is 1.65. The maximum absolute atomic E-state index is 11.6. The Morgan fingerprint density at radius 1 is 1.28 bits per heavy atom. The highest BCUT2D eigenvalue weighted by atomic mass is 35.5. The number of aryl methyl sites for hydroxylation is 2. The van der Waals surface area contributed by atoms with Crippen LogP contribution < -0.4 is 10.1 Å². The molecule has 0 bridgehead atoms. The van der Waals surface area contributed by atoms with Crippen LogP contribution in [0.2, 0.25) is 5.02 Å². The van der Waals surface area contributed by atoms with Crippen LogP contribution in [0.1, 0.15) is 31.9 Å². The molecule has 0 aliphatic carbocycles. The summed E-state index contributed by atoms with van der Waals surface area (Å²) in [6.07, 6.45) is 0. The Balaban J connectivity index is 2.62. The first-order valence-electron chi connectivity index (χ1n) is 5.89. The van der Waals surface area contributed by atoms with Crippen LogP contribution in [0.3, 0.4) is 0 Å². The molecule has 0 saturated carbocycles. The predicted molar refractivity (Wildman–Crippen MR) is 74.3 cm³/mol. The zero-order valence-corrected chi connectivity index (χ0v) is 12.3. The molecule has 1 aromatic carbocycles. The molecule has 0 fully saturated rings. The number of benzene rings is 1. The van der Waals surface area contributed by atoms with Gasteiger partial charge in [-0.25, -0.2) is 0 Å². The van der Waals surface area contributed by atoms with Gasteiger partial charge in [0.15, 0.2) is 6.61 Å². The molecule has 3 nitrogen and oxygen atoms in total. The molecule has 0 atom stereocenters. The second-order valence-electron chi connectivity index (χ2n) is 5.46. The van der Waals surface area contributed by atoms with E-state index in [1.807, 2.05) is 46.8 Å². The number of carbonyl (C=O) groups excluding carboxylic acids is 1. The number of nitrogens with one attached hydrogen (secondary N) is 1. The maximum atomic E-state index is 11.6. The van der Waals surface area contributed by atoms with Crippen molar-refractivity contribution in [3.8, 4) is 5.75 Å². The monoisotopic (exact) mass is 269 g/mol. The standard InChI is InChI=1S/C14H20ClNO2/c1-9-6-11(7-10(2)13(9)15)18-8-12(17)16-14(3,4)5/h6-7H,8H2,1-5H3,(H,16,17). The van der Waals surface area contributed by atoms with Crippen molar-refractivity contribution < 1.29 is 9.53 Å². The van der Waals surface area contributed by atoms with Crippen LogP contribution in [0, 0.1) is 13.8 Å². The smallest absolute Gasteiger partial charge is 0.258 e. The van der Waals surface area contributed by atoms with E-state index < -0.39 is 0 Å². The lowest BCUT2D eigenvalue weighted by atomic mass is 10.1. The number of rotatable bonds is 3. The van der Waals surface area contributed by atoms with Crippen molar-refractivity contribution in [2.24, 2.45) is 0 Å². The first kappa shape index (κ1) is 14.8. The number of ether oxygens (including phenoxy) is 1. The van der Waals surface area contributed by atoms with Crippen molar-refractivity contribution >= 4 is 17.5 Å². The second-order valence-corrected chi connectivity index (χ2v) is 5.84. The van der Waals surface area contributed by atoms with Crippen LogP contribution in [-0.2, 0) is 4.79 Å². The average molecular weight is 270 g/mol. The molecule has 0 heterocycles. The van der Waals surface area contributed by atoms with Crippen molar-refractivity contribution in [1.29, 1.82) is 0 Å². The van der Waals surface area contributed by atoms with Gasteiger partial charge in [0.2, 0.25) is 0 Å². The minimum atomic E-state index is -0.244. The predicted octanol–water partition coefficient (Wildman–Crippen LogP) is 3.25. The van der Waals surface area contributed by atoms with E-state index in [0.29, 0.717) is 5.75 Å². The summed E-state index contributed by atoms with van der Waals surface area (Å²) in [4.78, 5) is 11.6. The molecule has 0 aliphatic rings. The Morgan fingerprint density at radius 3 is 2.22 bits per heavy atom. The van der Waals surface area contributed by atoms with E-state index >= 15 is 0 Å². The highest BCUT2D eigenvalue weighted by Crippen LogP contribution is 2.25. The molecule has 18 heavy (non-hydrogen) atoms. The second kappa shape index (κ2) is 5.61. The van der Waals surface area contributed by atoms with E-state index in [4.69, 9.17) is 16.3 Å². The van der Waals surface area contributed by atoms with Gasteiger partial charge in [-0.3, -0.25) is 4.79 Å². The molecule has 0 aliphatic heterocycles. The third kappa shape index (κ3) is 4.57. The fourth-order valence-electron chi connectivity index (χ4n) is 1.59. The Morgan fingerprint density at radius 2 is 1.78 bits per heavy atom. The van der Waals surface area contributed by atoms with Gasteiger partial charge < -0.3 is 10.1 Å². The first-order valence-corrected chi connectivity index (χ1v) is 6.27. The van der Waals surface area contributed by atoms with Crippen LogP contribution in [-0.4, -0.2) is 18.1 Å². The van der Waals surface area contributed by atoms with Gasteiger partial charge in [0.05, 0.1) is 0 Å². The SMILES string of the molecule is Cc1cc(OCC(=O)NC(C)(C)C)cc(C)c1Cl. The van der Waals surface area contributed by atoms with Crippen molar-refractivity contribution in [3.63, 3.8) is 0 Å². The van der Waals surface area contributed by atoms with E-state index in [9.17, 15) is 4.79 Å². The van der Waals surface area contributed by atoms with Gasteiger partial charge in [-0.2, -0.15) is 0 Å². The number of halogens is 1. The maximum Gasteiger partial charge on any atom is 0.258 e. The molecule has 1 rings (SSSR count). The summed E-state index contributed by atoms with van der Waals surface area (Å²) in [5, 5.41) is 3.58. The van der Waals surface area contributed by atoms with Crippen LogP contribution >= 0.6 is 11.6 Å².